The Bertz CT molecular complexity index is 888. The number of aromatic amines is 1. The molecule has 1 aliphatic carbocycles. The Hall–Kier alpha value is -2.03. The van der Waals surface area contributed by atoms with Crippen molar-refractivity contribution in [1.82, 2.24) is 9.97 Å². The second kappa shape index (κ2) is 5.80. The number of thiol groups is 1. The van der Waals surface area contributed by atoms with Gasteiger partial charge in [0.15, 0.2) is 0 Å². The highest BCUT2D eigenvalue weighted by atomic mass is 32.1. The number of nitrogens with zero attached hydrogens (tertiary/aromatic N) is 2. The Morgan fingerprint density at radius 2 is 2.17 bits per heavy atom. The molecule has 2 atom stereocenters. The van der Waals surface area contributed by atoms with E-state index in [1.807, 2.05) is 51.1 Å². The van der Waals surface area contributed by atoms with Crippen LogP contribution in [0.25, 0.3) is 11.0 Å². The summed E-state index contributed by atoms with van der Waals surface area (Å²) < 4.78 is 5.75. The molecule has 0 fully saturated rings. The Morgan fingerprint density at radius 1 is 1.42 bits per heavy atom. The van der Waals surface area contributed by atoms with Crippen LogP contribution in [-0.4, -0.2) is 22.7 Å². The monoisotopic (exact) mass is 339 g/mol. The van der Waals surface area contributed by atoms with Crippen LogP contribution in [0.1, 0.15) is 38.1 Å². The van der Waals surface area contributed by atoms with E-state index in [-0.39, 0.29) is 5.92 Å². The van der Waals surface area contributed by atoms with E-state index in [1.54, 1.807) is 7.11 Å². The van der Waals surface area contributed by atoms with Crippen molar-refractivity contribution in [2.45, 2.75) is 37.7 Å². The highest BCUT2D eigenvalue weighted by Crippen LogP contribution is 2.41. The zero-order chi connectivity index (χ0) is 17.5. The number of nitriles is 1. The van der Waals surface area contributed by atoms with E-state index in [4.69, 9.17) is 9.72 Å². The van der Waals surface area contributed by atoms with Crippen molar-refractivity contribution in [3.8, 4) is 6.07 Å². The number of methoxy groups -OCH3 is 1. The van der Waals surface area contributed by atoms with E-state index in [0.29, 0.717) is 0 Å². The number of fused-ring (bicyclic) bond motifs is 1. The van der Waals surface area contributed by atoms with Crippen molar-refractivity contribution in [3.63, 3.8) is 0 Å². The molecule has 0 bridgehead atoms. The van der Waals surface area contributed by atoms with Gasteiger partial charge in [-0.05, 0) is 38.5 Å². The summed E-state index contributed by atoms with van der Waals surface area (Å²) in [6.45, 7) is 5.84. The van der Waals surface area contributed by atoms with Gasteiger partial charge in [-0.1, -0.05) is 24.3 Å². The molecule has 2 unspecified atom stereocenters. The zero-order valence-corrected chi connectivity index (χ0v) is 15.2. The number of allylic oxidation sites excluding steroid dienone is 2. The smallest absolute Gasteiger partial charge is 0.117 e. The maximum Gasteiger partial charge on any atom is 0.117 e. The van der Waals surface area contributed by atoms with Gasteiger partial charge in [0.25, 0.3) is 0 Å². The molecule has 24 heavy (non-hydrogen) atoms. The highest BCUT2D eigenvalue weighted by Gasteiger charge is 2.39. The molecule has 1 heterocycles. The zero-order valence-electron chi connectivity index (χ0n) is 14.3. The minimum atomic E-state index is -0.555. The summed E-state index contributed by atoms with van der Waals surface area (Å²) in [6.07, 6.45) is 5.99. The van der Waals surface area contributed by atoms with Crippen LogP contribution in [0, 0.1) is 11.3 Å². The van der Waals surface area contributed by atoms with Crippen molar-refractivity contribution >= 4 is 23.7 Å². The van der Waals surface area contributed by atoms with E-state index in [0.717, 1.165) is 27.3 Å². The summed E-state index contributed by atoms with van der Waals surface area (Å²) in [5.74, 6) is 0.775. The van der Waals surface area contributed by atoms with Gasteiger partial charge in [0.2, 0.25) is 0 Å². The van der Waals surface area contributed by atoms with Crippen LogP contribution >= 0.6 is 12.6 Å². The van der Waals surface area contributed by atoms with E-state index >= 15 is 0 Å². The van der Waals surface area contributed by atoms with E-state index in [1.165, 1.54) is 0 Å². The van der Waals surface area contributed by atoms with Gasteiger partial charge >= 0.3 is 0 Å². The largest absolute Gasteiger partial charge is 0.372 e. The summed E-state index contributed by atoms with van der Waals surface area (Å²) in [4.78, 5) is 9.00. The fourth-order valence-corrected chi connectivity index (χ4v) is 3.30. The lowest BCUT2D eigenvalue weighted by molar-refractivity contribution is 0.0305. The first-order chi connectivity index (χ1) is 11.3. The number of ether oxygens (including phenoxy) is 1. The van der Waals surface area contributed by atoms with Crippen LogP contribution < -0.4 is 0 Å². The summed E-state index contributed by atoms with van der Waals surface area (Å²) >= 11 is 4.57. The number of imidazole rings is 1. The SMILES string of the molecule is COC1(C)C(S)=CC=CC1c1nc2ccc(C(C)(C)C#N)cc2[nH]1. The van der Waals surface area contributed by atoms with Crippen LogP contribution in [0.15, 0.2) is 41.3 Å². The van der Waals surface area contributed by atoms with Crippen molar-refractivity contribution < 1.29 is 4.74 Å². The predicted octanol–water partition coefficient (Wildman–Crippen LogP) is 4.24. The maximum atomic E-state index is 9.34. The van der Waals surface area contributed by atoms with E-state index < -0.39 is 11.0 Å². The van der Waals surface area contributed by atoms with Gasteiger partial charge in [-0.25, -0.2) is 4.98 Å². The molecule has 5 heteroatoms. The van der Waals surface area contributed by atoms with Crippen LogP contribution in [-0.2, 0) is 10.2 Å². The average Bonchev–Trinajstić information content (AvgIpc) is 2.99. The van der Waals surface area contributed by atoms with Crippen LogP contribution in [0.5, 0.6) is 0 Å². The molecule has 0 aliphatic heterocycles. The molecule has 1 aromatic carbocycles. The molecule has 0 saturated heterocycles. The van der Waals surface area contributed by atoms with Crippen molar-refractivity contribution in [2.75, 3.05) is 7.11 Å². The van der Waals surface area contributed by atoms with Crippen molar-refractivity contribution in [3.05, 3.63) is 52.7 Å². The summed E-state index contributed by atoms with van der Waals surface area (Å²) in [7, 11) is 1.69. The number of rotatable bonds is 3. The van der Waals surface area contributed by atoms with Crippen LogP contribution in [0.2, 0.25) is 0 Å². The van der Waals surface area contributed by atoms with Gasteiger partial charge in [-0.3, -0.25) is 0 Å². The van der Waals surface area contributed by atoms with Crippen molar-refractivity contribution in [2.24, 2.45) is 0 Å². The lowest BCUT2D eigenvalue weighted by Crippen LogP contribution is -2.36. The Labute approximate surface area is 147 Å². The molecular weight excluding hydrogens is 318 g/mol. The number of hydrogen-bond acceptors (Lipinski definition) is 4. The van der Waals surface area contributed by atoms with Crippen molar-refractivity contribution in [1.29, 1.82) is 5.26 Å². The molecule has 3 rings (SSSR count). The summed E-state index contributed by atoms with van der Waals surface area (Å²) in [6, 6.07) is 8.26. The number of aromatic nitrogens is 2. The third-order valence-electron chi connectivity index (χ3n) is 4.88. The lowest BCUT2D eigenvalue weighted by atomic mass is 9.84. The van der Waals surface area contributed by atoms with Gasteiger partial charge in [0.1, 0.15) is 11.4 Å². The maximum absolute atomic E-state index is 9.34. The third kappa shape index (κ3) is 2.56. The number of nitrogens with one attached hydrogen (secondary N) is 1. The molecule has 0 radical (unpaired) electrons. The molecule has 0 spiro atoms. The molecule has 0 amide bonds. The first-order valence-electron chi connectivity index (χ1n) is 7.86. The second-order valence-corrected chi connectivity index (χ2v) is 7.30. The molecule has 1 N–H and O–H groups in total. The minimum absolute atomic E-state index is 0.0557. The van der Waals surface area contributed by atoms with Gasteiger partial charge in [-0.2, -0.15) is 5.26 Å². The molecule has 2 aromatic rings. The first kappa shape index (κ1) is 16.8. The van der Waals surface area contributed by atoms with Gasteiger partial charge < -0.3 is 9.72 Å². The predicted molar refractivity (Wildman–Crippen MR) is 99.1 cm³/mol. The first-order valence-corrected chi connectivity index (χ1v) is 8.31. The quantitative estimate of drug-likeness (QED) is 0.822. The van der Waals surface area contributed by atoms with E-state index in [9.17, 15) is 5.26 Å². The number of H-pyrrole nitrogens is 1. The molecular formula is C19H21N3OS. The molecule has 4 nitrogen and oxygen atoms in total. The Balaban J connectivity index is 2.07. The molecule has 124 valence electrons. The normalized spacial score (nSPS) is 24.0. The van der Waals surface area contributed by atoms with Gasteiger partial charge in [-0.15, -0.1) is 12.6 Å². The Kier molecular flexibility index (Phi) is 4.06. The van der Waals surface area contributed by atoms with Gasteiger partial charge in [0, 0.05) is 12.0 Å². The lowest BCUT2D eigenvalue weighted by Gasteiger charge is -2.36. The van der Waals surface area contributed by atoms with Crippen LogP contribution in [0.4, 0.5) is 0 Å². The molecule has 1 aliphatic rings. The van der Waals surface area contributed by atoms with Gasteiger partial charge in [0.05, 0.1) is 28.4 Å². The second-order valence-electron chi connectivity index (χ2n) is 6.82. The summed E-state index contributed by atoms with van der Waals surface area (Å²) in [5, 5.41) is 9.34. The third-order valence-corrected chi connectivity index (χ3v) is 5.47. The molecule has 0 saturated carbocycles. The Morgan fingerprint density at radius 3 is 2.83 bits per heavy atom. The topological polar surface area (TPSA) is 61.7 Å². The minimum Gasteiger partial charge on any atom is -0.372 e. The fourth-order valence-electron chi connectivity index (χ4n) is 2.98. The fraction of sp³-hybridized carbons (Fsp3) is 0.368. The van der Waals surface area contributed by atoms with Crippen LogP contribution in [0.3, 0.4) is 0 Å². The molecule has 1 aromatic heterocycles. The summed E-state index contributed by atoms with van der Waals surface area (Å²) in [5.41, 5.74) is 1.68. The number of hydrogen-bond donors (Lipinski definition) is 2. The highest BCUT2D eigenvalue weighted by molar-refractivity contribution is 7.84. The average molecular weight is 339 g/mol. The number of benzene rings is 1. The van der Waals surface area contributed by atoms with E-state index in [2.05, 4.69) is 29.8 Å². The standard InChI is InChI=1S/C19H21N3OS/c1-18(2,11-20)12-8-9-14-15(10-12)22-17(21-14)13-6-5-7-16(24)19(13,3)23-4/h5-10,13,24H,1-4H3,(H,21,22).